The van der Waals surface area contributed by atoms with Crippen molar-refractivity contribution in [1.82, 2.24) is 0 Å². The molecule has 0 aliphatic rings. The SMILES string of the molecule is c1cc(-c2c3ccccc3c(-c3cccc4ccccc34)c3ccccc23)cc(-c2cc3ccccc3c3c2oc2ccc4ccccc4c23)c1. The van der Waals surface area contributed by atoms with Gasteiger partial charge in [-0.05, 0) is 99.9 Å². The van der Waals surface area contributed by atoms with Gasteiger partial charge in [-0.15, -0.1) is 0 Å². The Bertz CT molecular complexity index is 3130. The molecule has 0 radical (unpaired) electrons. The molecule has 0 N–H and O–H groups in total. The van der Waals surface area contributed by atoms with Crippen LogP contribution in [0.5, 0.6) is 0 Å². The van der Waals surface area contributed by atoms with Crippen molar-refractivity contribution in [2.45, 2.75) is 0 Å². The van der Waals surface area contributed by atoms with E-state index in [9.17, 15) is 0 Å². The Morgan fingerprint density at radius 3 is 1.51 bits per heavy atom. The van der Waals surface area contributed by atoms with Crippen LogP contribution in [0.4, 0.5) is 0 Å². The molecule has 0 unspecified atom stereocenters. The van der Waals surface area contributed by atoms with Gasteiger partial charge < -0.3 is 4.42 Å². The third kappa shape index (κ3) is 4.16. The molecule has 236 valence electrons. The third-order valence-corrected chi connectivity index (χ3v) is 10.8. The van der Waals surface area contributed by atoms with Crippen LogP contribution >= 0.6 is 0 Å². The number of benzene rings is 10. The van der Waals surface area contributed by atoms with Gasteiger partial charge in [-0.2, -0.15) is 0 Å². The second-order valence-electron chi connectivity index (χ2n) is 13.6. The van der Waals surface area contributed by atoms with E-state index in [0.29, 0.717) is 0 Å². The molecule has 1 heteroatoms. The molecule has 10 aromatic carbocycles. The fourth-order valence-electron chi connectivity index (χ4n) is 8.62. The summed E-state index contributed by atoms with van der Waals surface area (Å²) < 4.78 is 6.84. The molecule has 0 bridgehead atoms. The molecule has 0 saturated heterocycles. The van der Waals surface area contributed by atoms with Crippen molar-refractivity contribution < 1.29 is 4.42 Å². The van der Waals surface area contributed by atoms with Gasteiger partial charge in [-0.3, -0.25) is 0 Å². The van der Waals surface area contributed by atoms with E-state index in [4.69, 9.17) is 4.42 Å². The lowest BCUT2D eigenvalue weighted by Gasteiger charge is -2.19. The number of furan rings is 1. The smallest absolute Gasteiger partial charge is 0.143 e. The first-order valence-electron chi connectivity index (χ1n) is 17.6. The van der Waals surface area contributed by atoms with Crippen LogP contribution in [0.15, 0.2) is 186 Å². The van der Waals surface area contributed by atoms with Crippen LogP contribution in [-0.4, -0.2) is 0 Å². The van der Waals surface area contributed by atoms with E-state index in [1.54, 1.807) is 0 Å². The van der Waals surface area contributed by atoms with Crippen LogP contribution in [0.2, 0.25) is 0 Å². The van der Waals surface area contributed by atoms with Crippen molar-refractivity contribution in [2.75, 3.05) is 0 Å². The van der Waals surface area contributed by atoms with Crippen molar-refractivity contribution in [3.8, 4) is 33.4 Å². The Morgan fingerprint density at radius 2 is 0.804 bits per heavy atom. The van der Waals surface area contributed by atoms with Crippen LogP contribution in [-0.2, 0) is 0 Å². The highest BCUT2D eigenvalue weighted by molar-refractivity contribution is 6.29. The van der Waals surface area contributed by atoms with Gasteiger partial charge in [-0.25, -0.2) is 0 Å². The van der Waals surface area contributed by atoms with Crippen LogP contribution in [0.1, 0.15) is 0 Å². The van der Waals surface area contributed by atoms with Crippen LogP contribution < -0.4 is 0 Å². The van der Waals surface area contributed by atoms with Crippen molar-refractivity contribution in [1.29, 1.82) is 0 Å². The first-order valence-corrected chi connectivity index (χ1v) is 17.6. The summed E-state index contributed by atoms with van der Waals surface area (Å²) in [7, 11) is 0. The number of fused-ring (bicyclic) bond motifs is 10. The van der Waals surface area contributed by atoms with Gasteiger partial charge in [0.05, 0.1) is 0 Å². The summed E-state index contributed by atoms with van der Waals surface area (Å²) in [6, 6.07) is 66.2. The average Bonchev–Trinajstić information content (AvgIpc) is 3.60. The molecular formula is C50H30O. The van der Waals surface area contributed by atoms with E-state index in [1.807, 2.05) is 0 Å². The highest BCUT2D eigenvalue weighted by Crippen LogP contribution is 2.47. The molecule has 0 atom stereocenters. The highest BCUT2D eigenvalue weighted by Gasteiger charge is 2.21. The van der Waals surface area contributed by atoms with Gasteiger partial charge in [0.25, 0.3) is 0 Å². The van der Waals surface area contributed by atoms with E-state index >= 15 is 0 Å². The molecule has 0 amide bonds. The topological polar surface area (TPSA) is 13.1 Å². The molecule has 0 aliphatic heterocycles. The van der Waals surface area contributed by atoms with E-state index in [-0.39, 0.29) is 0 Å². The Labute approximate surface area is 294 Å². The fraction of sp³-hybridized carbons (Fsp3) is 0. The summed E-state index contributed by atoms with van der Waals surface area (Å²) in [6.45, 7) is 0. The van der Waals surface area contributed by atoms with Gasteiger partial charge in [0.2, 0.25) is 0 Å². The van der Waals surface area contributed by atoms with E-state index in [2.05, 4.69) is 182 Å². The Hall–Kier alpha value is -6.70. The van der Waals surface area contributed by atoms with Crippen molar-refractivity contribution in [2.24, 2.45) is 0 Å². The van der Waals surface area contributed by atoms with Crippen molar-refractivity contribution in [3.63, 3.8) is 0 Å². The zero-order valence-electron chi connectivity index (χ0n) is 27.7. The van der Waals surface area contributed by atoms with Gasteiger partial charge in [-0.1, -0.05) is 164 Å². The molecule has 1 nitrogen and oxygen atoms in total. The average molecular weight is 647 g/mol. The number of rotatable bonds is 3. The molecule has 0 aliphatic carbocycles. The summed E-state index contributed by atoms with van der Waals surface area (Å²) in [5.74, 6) is 0. The molecule has 0 fully saturated rings. The van der Waals surface area contributed by atoms with Crippen molar-refractivity contribution in [3.05, 3.63) is 182 Å². The number of hydrogen-bond donors (Lipinski definition) is 0. The minimum Gasteiger partial charge on any atom is -0.455 e. The Morgan fingerprint density at radius 1 is 0.294 bits per heavy atom. The molecule has 11 rings (SSSR count). The summed E-state index contributed by atoms with van der Waals surface area (Å²) in [5.41, 5.74) is 9.06. The van der Waals surface area contributed by atoms with Gasteiger partial charge in [0.1, 0.15) is 11.2 Å². The lowest BCUT2D eigenvalue weighted by atomic mass is 9.84. The van der Waals surface area contributed by atoms with Gasteiger partial charge in [0.15, 0.2) is 0 Å². The van der Waals surface area contributed by atoms with E-state index in [0.717, 1.165) is 22.3 Å². The quantitative estimate of drug-likeness (QED) is 0.174. The molecule has 1 heterocycles. The maximum Gasteiger partial charge on any atom is 0.143 e. The van der Waals surface area contributed by atoms with Gasteiger partial charge in [0, 0.05) is 16.3 Å². The van der Waals surface area contributed by atoms with Gasteiger partial charge >= 0.3 is 0 Å². The lowest BCUT2D eigenvalue weighted by molar-refractivity contribution is 0.670. The predicted molar refractivity (Wildman–Crippen MR) is 218 cm³/mol. The Balaban J connectivity index is 1.21. The lowest BCUT2D eigenvalue weighted by Crippen LogP contribution is -1.92. The number of hydrogen-bond acceptors (Lipinski definition) is 1. The van der Waals surface area contributed by atoms with E-state index < -0.39 is 0 Å². The predicted octanol–water partition coefficient (Wildman–Crippen LogP) is 14.4. The molecule has 51 heavy (non-hydrogen) atoms. The second-order valence-corrected chi connectivity index (χ2v) is 13.6. The molecular weight excluding hydrogens is 617 g/mol. The molecule has 0 spiro atoms. The first-order chi connectivity index (χ1) is 25.3. The monoisotopic (exact) mass is 646 g/mol. The normalized spacial score (nSPS) is 11.9. The summed E-state index contributed by atoms with van der Waals surface area (Å²) in [6.07, 6.45) is 0. The zero-order chi connectivity index (χ0) is 33.5. The maximum absolute atomic E-state index is 6.84. The van der Waals surface area contributed by atoms with Crippen LogP contribution in [0.25, 0.3) is 109 Å². The second kappa shape index (κ2) is 10.9. The van der Waals surface area contributed by atoms with Crippen LogP contribution in [0, 0.1) is 0 Å². The zero-order valence-corrected chi connectivity index (χ0v) is 27.7. The maximum atomic E-state index is 6.84. The minimum atomic E-state index is 0.915. The summed E-state index contributed by atoms with van der Waals surface area (Å²) in [5, 5.41) is 14.7. The molecule has 11 aromatic rings. The largest absolute Gasteiger partial charge is 0.455 e. The minimum absolute atomic E-state index is 0.915. The molecule has 1 aromatic heterocycles. The first kappa shape index (κ1) is 28.2. The van der Waals surface area contributed by atoms with Crippen LogP contribution in [0.3, 0.4) is 0 Å². The fourth-order valence-corrected chi connectivity index (χ4v) is 8.62. The van der Waals surface area contributed by atoms with E-state index in [1.165, 1.54) is 86.9 Å². The highest BCUT2D eigenvalue weighted by atomic mass is 16.3. The standard InChI is InChI=1S/C50H30O/c1-4-19-36-31(13-1)16-12-26-39(36)47-42-24-9-7-22-40(42)46(41-23-8-10-25-43(41)47)35-18-11-17-33(29-35)44-30-34-15-3-6-21-38(34)49-48-37-20-5-2-14-32(37)27-28-45(48)51-50(44)49/h1-30H. The summed E-state index contributed by atoms with van der Waals surface area (Å²) >= 11 is 0. The Kier molecular flexibility index (Phi) is 6.02. The molecule has 0 saturated carbocycles. The van der Waals surface area contributed by atoms with Crippen molar-refractivity contribution >= 4 is 75.8 Å². The summed E-state index contributed by atoms with van der Waals surface area (Å²) in [4.78, 5) is 0. The third-order valence-electron chi connectivity index (χ3n) is 10.8.